The Morgan fingerprint density at radius 3 is 2.62 bits per heavy atom. The van der Waals surface area contributed by atoms with Crippen LogP contribution in [0.5, 0.6) is 0 Å². The maximum atomic E-state index is 12.8. The van der Waals surface area contributed by atoms with Gasteiger partial charge in [0.05, 0.1) is 19.3 Å². The molecule has 1 aromatic heterocycles. The summed E-state index contributed by atoms with van der Waals surface area (Å²) in [7, 11) is 0. The summed E-state index contributed by atoms with van der Waals surface area (Å²) in [5.74, 6) is 0.586. The molecule has 2 amide bonds. The Labute approximate surface area is 152 Å². The fourth-order valence-electron chi connectivity index (χ4n) is 3.25. The van der Waals surface area contributed by atoms with E-state index in [1.165, 1.54) is 0 Å². The lowest BCUT2D eigenvalue weighted by Gasteiger charge is -2.13. The molecular weight excluding hydrogens is 328 g/mol. The molecule has 1 aliphatic heterocycles. The van der Waals surface area contributed by atoms with E-state index in [4.69, 9.17) is 0 Å². The number of nitrogens with zero attached hydrogens (tertiary/aromatic N) is 1. The SMILES string of the molecule is O=C(NC1CC1)c1cccc(NC(=O)c2ccc[nH+]c2N2CCCC2)c1. The zero-order valence-corrected chi connectivity index (χ0v) is 14.6. The van der Waals surface area contributed by atoms with Gasteiger partial charge in [0.2, 0.25) is 0 Å². The molecule has 1 aliphatic carbocycles. The maximum absolute atomic E-state index is 12.8. The third kappa shape index (κ3) is 3.69. The van der Waals surface area contributed by atoms with Crippen molar-refractivity contribution in [1.29, 1.82) is 0 Å². The van der Waals surface area contributed by atoms with Crippen LogP contribution in [0.15, 0.2) is 42.6 Å². The summed E-state index contributed by atoms with van der Waals surface area (Å²) in [5.41, 5.74) is 1.80. The van der Waals surface area contributed by atoms with E-state index >= 15 is 0 Å². The Morgan fingerprint density at radius 1 is 1.04 bits per heavy atom. The first kappa shape index (κ1) is 16.6. The number of aromatic nitrogens is 1. The van der Waals surface area contributed by atoms with Crippen molar-refractivity contribution >= 4 is 23.3 Å². The highest BCUT2D eigenvalue weighted by atomic mass is 16.2. The minimum absolute atomic E-state index is 0.0885. The molecule has 4 rings (SSSR count). The van der Waals surface area contributed by atoms with Gasteiger partial charge < -0.3 is 10.6 Å². The molecule has 0 radical (unpaired) electrons. The average Bonchev–Trinajstić information content (AvgIpc) is 3.31. The average molecular weight is 351 g/mol. The fourth-order valence-corrected chi connectivity index (χ4v) is 3.25. The van der Waals surface area contributed by atoms with Crippen molar-refractivity contribution in [3.63, 3.8) is 0 Å². The molecule has 2 fully saturated rings. The Hall–Kier alpha value is -2.89. The first-order valence-corrected chi connectivity index (χ1v) is 9.18. The molecule has 26 heavy (non-hydrogen) atoms. The summed E-state index contributed by atoms with van der Waals surface area (Å²) in [6.45, 7) is 1.91. The number of H-pyrrole nitrogens is 1. The van der Waals surface area contributed by atoms with E-state index in [1.54, 1.807) is 24.3 Å². The molecular formula is C20H23N4O2+. The molecule has 134 valence electrons. The van der Waals surface area contributed by atoms with Gasteiger partial charge in [-0.3, -0.25) is 14.5 Å². The van der Waals surface area contributed by atoms with Crippen LogP contribution in [0.25, 0.3) is 0 Å². The first-order chi connectivity index (χ1) is 12.7. The Bertz CT molecular complexity index is 826. The van der Waals surface area contributed by atoms with Crippen molar-refractivity contribution in [2.45, 2.75) is 31.7 Å². The quantitative estimate of drug-likeness (QED) is 0.867. The minimum atomic E-state index is -0.177. The molecule has 2 aromatic rings. The predicted molar refractivity (Wildman–Crippen MR) is 99.3 cm³/mol. The lowest BCUT2D eigenvalue weighted by Crippen LogP contribution is -2.29. The second-order valence-electron chi connectivity index (χ2n) is 6.91. The van der Waals surface area contributed by atoms with E-state index in [2.05, 4.69) is 20.5 Å². The van der Waals surface area contributed by atoms with Gasteiger partial charge in [0, 0.05) is 17.3 Å². The summed E-state index contributed by atoms with van der Waals surface area (Å²) in [6.07, 6.45) is 6.22. The van der Waals surface area contributed by atoms with Gasteiger partial charge in [-0.2, -0.15) is 0 Å². The molecule has 2 aliphatic rings. The van der Waals surface area contributed by atoms with E-state index in [0.717, 1.165) is 44.6 Å². The largest absolute Gasteiger partial charge is 0.349 e. The molecule has 6 heteroatoms. The number of hydrogen-bond donors (Lipinski definition) is 2. The maximum Gasteiger partial charge on any atom is 0.287 e. The third-order valence-electron chi connectivity index (χ3n) is 4.80. The first-order valence-electron chi connectivity index (χ1n) is 9.18. The van der Waals surface area contributed by atoms with Gasteiger partial charge >= 0.3 is 0 Å². The number of hydrogen-bond acceptors (Lipinski definition) is 3. The van der Waals surface area contributed by atoms with E-state index in [9.17, 15) is 9.59 Å². The van der Waals surface area contributed by atoms with Crippen LogP contribution in [0, 0.1) is 0 Å². The van der Waals surface area contributed by atoms with Crippen LogP contribution >= 0.6 is 0 Å². The van der Waals surface area contributed by atoms with Gasteiger partial charge in [0.15, 0.2) is 0 Å². The van der Waals surface area contributed by atoms with Crippen molar-refractivity contribution in [2.75, 3.05) is 23.3 Å². The van der Waals surface area contributed by atoms with Gasteiger partial charge in [0.1, 0.15) is 5.56 Å². The Kier molecular flexibility index (Phi) is 4.56. The van der Waals surface area contributed by atoms with Gasteiger partial charge in [-0.05, 0) is 56.0 Å². The summed E-state index contributed by atoms with van der Waals surface area (Å²) in [5, 5.41) is 5.89. The summed E-state index contributed by atoms with van der Waals surface area (Å²) >= 11 is 0. The van der Waals surface area contributed by atoms with Crippen LogP contribution in [0.3, 0.4) is 0 Å². The van der Waals surface area contributed by atoms with E-state index in [0.29, 0.717) is 22.9 Å². The van der Waals surface area contributed by atoms with Crippen LogP contribution in [0.2, 0.25) is 0 Å². The lowest BCUT2D eigenvalue weighted by molar-refractivity contribution is -0.364. The molecule has 3 N–H and O–H groups in total. The summed E-state index contributed by atoms with van der Waals surface area (Å²) in [6, 6.07) is 11.0. The highest BCUT2D eigenvalue weighted by molar-refractivity contribution is 6.07. The normalized spacial score (nSPS) is 16.4. The van der Waals surface area contributed by atoms with Crippen LogP contribution < -0.4 is 20.5 Å². The van der Waals surface area contributed by atoms with E-state index in [-0.39, 0.29) is 11.8 Å². The van der Waals surface area contributed by atoms with E-state index in [1.807, 2.05) is 18.3 Å². The lowest BCUT2D eigenvalue weighted by atomic mass is 10.1. The van der Waals surface area contributed by atoms with Gasteiger partial charge in [0.25, 0.3) is 17.6 Å². The number of anilines is 2. The summed E-state index contributed by atoms with van der Waals surface area (Å²) < 4.78 is 0. The number of carbonyl (C=O) groups is 2. The van der Waals surface area contributed by atoms with Crippen LogP contribution in [-0.2, 0) is 0 Å². The van der Waals surface area contributed by atoms with E-state index < -0.39 is 0 Å². The molecule has 1 saturated carbocycles. The second kappa shape index (κ2) is 7.15. The highest BCUT2D eigenvalue weighted by Gasteiger charge is 2.27. The Morgan fingerprint density at radius 2 is 1.85 bits per heavy atom. The topological polar surface area (TPSA) is 75.6 Å². The minimum Gasteiger partial charge on any atom is -0.349 e. The van der Waals surface area contributed by atoms with Gasteiger partial charge in [-0.15, -0.1) is 0 Å². The van der Waals surface area contributed by atoms with Crippen molar-refractivity contribution in [1.82, 2.24) is 5.32 Å². The van der Waals surface area contributed by atoms with Gasteiger partial charge in [-0.1, -0.05) is 6.07 Å². The zero-order valence-electron chi connectivity index (χ0n) is 14.6. The smallest absolute Gasteiger partial charge is 0.287 e. The number of aromatic amines is 1. The van der Waals surface area contributed by atoms with Crippen molar-refractivity contribution in [3.8, 4) is 0 Å². The zero-order chi connectivity index (χ0) is 17.9. The molecule has 1 saturated heterocycles. The van der Waals surface area contributed by atoms with Crippen LogP contribution in [0.1, 0.15) is 46.4 Å². The molecule has 1 aromatic carbocycles. The fraction of sp³-hybridized carbons (Fsp3) is 0.350. The molecule has 2 heterocycles. The summed E-state index contributed by atoms with van der Waals surface area (Å²) in [4.78, 5) is 30.4. The number of amides is 2. The van der Waals surface area contributed by atoms with Gasteiger partial charge in [-0.25, -0.2) is 4.98 Å². The number of rotatable bonds is 5. The van der Waals surface area contributed by atoms with Crippen LogP contribution in [0.4, 0.5) is 11.5 Å². The highest BCUT2D eigenvalue weighted by Crippen LogP contribution is 2.22. The molecule has 0 unspecified atom stereocenters. The standard InChI is InChI=1S/C20H22N4O2/c25-19(22-15-8-9-15)14-5-3-6-16(13-14)23-20(26)17-7-4-10-21-18(17)24-11-1-2-12-24/h3-7,10,13,15H,1-2,8-9,11-12H2,(H,22,25)(H,23,26)/p+1. The monoisotopic (exact) mass is 351 g/mol. The van der Waals surface area contributed by atoms with Crippen molar-refractivity contribution in [2.24, 2.45) is 0 Å². The second-order valence-corrected chi connectivity index (χ2v) is 6.91. The molecule has 0 spiro atoms. The number of benzene rings is 1. The van der Waals surface area contributed by atoms with Crippen molar-refractivity contribution in [3.05, 3.63) is 53.7 Å². The van der Waals surface area contributed by atoms with Crippen molar-refractivity contribution < 1.29 is 14.6 Å². The van der Waals surface area contributed by atoms with Crippen LogP contribution in [-0.4, -0.2) is 30.9 Å². The third-order valence-corrected chi connectivity index (χ3v) is 4.80. The number of carbonyl (C=O) groups excluding carboxylic acids is 2. The number of nitrogens with one attached hydrogen (secondary N) is 3. The molecule has 0 atom stereocenters. The Balaban J connectivity index is 1.50. The molecule has 0 bridgehead atoms. The predicted octanol–water partition coefficient (Wildman–Crippen LogP) is 2.25. The molecule has 6 nitrogen and oxygen atoms in total. The number of pyridine rings is 1.